The van der Waals surface area contributed by atoms with Crippen molar-refractivity contribution < 1.29 is 9.59 Å². The van der Waals surface area contributed by atoms with Gasteiger partial charge < -0.3 is 10.6 Å². The zero-order chi connectivity index (χ0) is 18.5. The van der Waals surface area contributed by atoms with Crippen LogP contribution in [0.3, 0.4) is 0 Å². The van der Waals surface area contributed by atoms with Gasteiger partial charge in [-0.3, -0.25) is 14.5 Å². The summed E-state index contributed by atoms with van der Waals surface area (Å²) in [5.41, 5.74) is 2.96. The van der Waals surface area contributed by atoms with Gasteiger partial charge in [-0.2, -0.15) is 0 Å². The molecule has 1 saturated heterocycles. The fourth-order valence-electron chi connectivity index (χ4n) is 3.37. The van der Waals surface area contributed by atoms with Gasteiger partial charge in [0.25, 0.3) is 0 Å². The van der Waals surface area contributed by atoms with E-state index < -0.39 is 0 Å². The molecule has 26 heavy (non-hydrogen) atoms. The monoisotopic (exact) mass is 351 g/mol. The molecule has 1 fully saturated rings. The van der Waals surface area contributed by atoms with Crippen LogP contribution in [-0.4, -0.2) is 42.4 Å². The fraction of sp³-hybridized carbons (Fsp3) is 0.333. The topological polar surface area (TPSA) is 61.4 Å². The van der Waals surface area contributed by atoms with E-state index in [9.17, 15) is 9.59 Å². The van der Waals surface area contributed by atoms with Crippen LogP contribution in [-0.2, 0) is 9.59 Å². The quantitative estimate of drug-likeness (QED) is 0.871. The predicted octanol–water partition coefficient (Wildman–Crippen LogP) is 2.89. The van der Waals surface area contributed by atoms with Crippen LogP contribution < -0.4 is 10.6 Å². The molecule has 1 heterocycles. The molecule has 2 amide bonds. The number of hydrogen-bond acceptors (Lipinski definition) is 3. The number of carbonyl (C=O) groups is 2. The highest BCUT2D eigenvalue weighted by Gasteiger charge is 2.35. The number of amides is 2. The molecule has 0 radical (unpaired) electrons. The normalized spacial score (nSPS) is 19.9. The third-order valence-electron chi connectivity index (χ3n) is 4.77. The molecule has 5 nitrogen and oxygen atoms in total. The van der Waals surface area contributed by atoms with Crippen LogP contribution in [0.2, 0.25) is 0 Å². The Bertz CT molecular complexity index is 776. The molecule has 136 valence electrons. The number of benzene rings is 2. The number of rotatable bonds is 5. The SMILES string of the molecule is CCC(=O)N[C@@H]1C[C@@H](C(=O)Nc2cccc(-c3ccccc3)c2)N(C)C1. The summed E-state index contributed by atoms with van der Waals surface area (Å²) >= 11 is 0. The van der Waals surface area contributed by atoms with Crippen molar-refractivity contribution in [3.05, 3.63) is 54.6 Å². The van der Waals surface area contributed by atoms with Gasteiger partial charge in [-0.1, -0.05) is 49.4 Å². The Hall–Kier alpha value is -2.66. The Morgan fingerprint density at radius 1 is 1.08 bits per heavy atom. The minimum Gasteiger partial charge on any atom is -0.352 e. The lowest BCUT2D eigenvalue weighted by Crippen LogP contribution is -2.37. The van der Waals surface area contributed by atoms with Crippen LogP contribution in [0.5, 0.6) is 0 Å². The number of nitrogens with one attached hydrogen (secondary N) is 2. The summed E-state index contributed by atoms with van der Waals surface area (Å²) in [5, 5.41) is 6.00. The van der Waals surface area contributed by atoms with Crippen LogP contribution >= 0.6 is 0 Å². The van der Waals surface area contributed by atoms with Gasteiger partial charge in [0.05, 0.1) is 6.04 Å². The molecule has 3 rings (SSSR count). The lowest BCUT2D eigenvalue weighted by atomic mass is 10.1. The second-order valence-corrected chi connectivity index (χ2v) is 6.75. The average Bonchev–Trinajstić information content (AvgIpc) is 3.02. The van der Waals surface area contributed by atoms with Gasteiger partial charge in [0.15, 0.2) is 0 Å². The van der Waals surface area contributed by atoms with Gasteiger partial charge in [-0.05, 0) is 36.7 Å². The lowest BCUT2D eigenvalue weighted by Gasteiger charge is -2.18. The highest BCUT2D eigenvalue weighted by molar-refractivity contribution is 5.95. The average molecular weight is 351 g/mol. The molecular formula is C21H25N3O2. The van der Waals surface area contributed by atoms with Crippen LogP contribution in [0.1, 0.15) is 19.8 Å². The molecule has 0 unspecified atom stereocenters. The van der Waals surface area contributed by atoms with Crippen LogP contribution in [0.25, 0.3) is 11.1 Å². The second-order valence-electron chi connectivity index (χ2n) is 6.75. The number of nitrogens with zero attached hydrogens (tertiary/aromatic N) is 1. The number of hydrogen-bond donors (Lipinski definition) is 2. The molecule has 1 aliphatic rings. The first-order valence-electron chi connectivity index (χ1n) is 9.02. The van der Waals surface area contributed by atoms with E-state index in [0.717, 1.165) is 16.8 Å². The molecule has 2 atom stereocenters. The Balaban J connectivity index is 1.66. The van der Waals surface area contributed by atoms with Crippen molar-refractivity contribution in [3.63, 3.8) is 0 Å². The molecule has 0 aromatic heterocycles. The first-order chi connectivity index (χ1) is 12.6. The van der Waals surface area contributed by atoms with Crippen molar-refractivity contribution in [1.29, 1.82) is 0 Å². The van der Waals surface area contributed by atoms with Crippen molar-refractivity contribution in [2.24, 2.45) is 0 Å². The highest BCUT2D eigenvalue weighted by Crippen LogP contribution is 2.23. The Morgan fingerprint density at radius 3 is 2.54 bits per heavy atom. The minimum absolute atomic E-state index is 0.0267. The number of anilines is 1. The first-order valence-corrected chi connectivity index (χ1v) is 9.02. The van der Waals surface area contributed by atoms with Gasteiger partial charge in [0, 0.05) is 24.7 Å². The standard InChI is InChI=1S/C21H25N3O2/c1-3-20(25)22-18-13-19(24(2)14-18)21(26)23-17-11-7-10-16(12-17)15-8-5-4-6-9-15/h4-12,18-19H,3,13-14H2,1-2H3,(H,22,25)(H,23,26)/t18-,19+/m1/s1. The molecule has 0 saturated carbocycles. The molecule has 0 spiro atoms. The molecule has 2 aromatic carbocycles. The summed E-state index contributed by atoms with van der Waals surface area (Å²) in [6, 6.07) is 17.7. The second kappa shape index (κ2) is 8.15. The van der Waals surface area contributed by atoms with E-state index >= 15 is 0 Å². The number of likely N-dealkylation sites (tertiary alicyclic amines) is 1. The summed E-state index contributed by atoms with van der Waals surface area (Å²) in [4.78, 5) is 26.3. The zero-order valence-corrected chi connectivity index (χ0v) is 15.2. The van der Waals surface area contributed by atoms with Crippen LogP contribution in [0.4, 0.5) is 5.69 Å². The largest absolute Gasteiger partial charge is 0.352 e. The lowest BCUT2D eigenvalue weighted by molar-refractivity contribution is -0.122. The molecule has 5 heteroatoms. The van der Waals surface area contributed by atoms with E-state index in [1.807, 2.05) is 73.5 Å². The van der Waals surface area contributed by atoms with E-state index in [1.54, 1.807) is 0 Å². The maximum Gasteiger partial charge on any atom is 0.241 e. The summed E-state index contributed by atoms with van der Waals surface area (Å²) in [5.74, 6) is -0.00835. The summed E-state index contributed by atoms with van der Waals surface area (Å²) in [6.45, 7) is 2.52. The number of carbonyl (C=O) groups excluding carboxylic acids is 2. The van der Waals surface area contributed by atoms with Crippen molar-refractivity contribution >= 4 is 17.5 Å². The van der Waals surface area contributed by atoms with E-state index in [4.69, 9.17) is 0 Å². The fourth-order valence-corrected chi connectivity index (χ4v) is 3.37. The van der Waals surface area contributed by atoms with Crippen LogP contribution in [0.15, 0.2) is 54.6 Å². The molecule has 0 aliphatic carbocycles. The maximum absolute atomic E-state index is 12.7. The predicted molar refractivity (Wildman–Crippen MR) is 104 cm³/mol. The van der Waals surface area contributed by atoms with E-state index in [0.29, 0.717) is 19.4 Å². The minimum atomic E-state index is -0.238. The Labute approximate surface area is 154 Å². The van der Waals surface area contributed by atoms with E-state index in [1.165, 1.54) is 0 Å². The first kappa shape index (κ1) is 18.1. The number of likely N-dealkylation sites (N-methyl/N-ethyl adjacent to an activating group) is 1. The van der Waals surface area contributed by atoms with Gasteiger partial charge >= 0.3 is 0 Å². The third-order valence-corrected chi connectivity index (χ3v) is 4.77. The molecular weight excluding hydrogens is 326 g/mol. The van der Waals surface area contributed by atoms with Crippen molar-refractivity contribution in [2.75, 3.05) is 18.9 Å². The zero-order valence-electron chi connectivity index (χ0n) is 15.2. The summed E-state index contributed by atoms with van der Waals surface area (Å²) in [7, 11) is 1.92. The third kappa shape index (κ3) is 4.29. The molecule has 0 bridgehead atoms. The Kier molecular flexibility index (Phi) is 5.68. The van der Waals surface area contributed by atoms with Gasteiger partial charge in [0.2, 0.25) is 11.8 Å². The van der Waals surface area contributed by atoms with Crippen molar-refractivity contribution in [1.82, 2.24) is 10.2 Å². The van der Waals surface area contributed by atoms with E-state index in [-0.39, 0.29) is 23.9 Å². The summed E-state index contributed by atoms with van der Waals surface area (Å²) in [6.07, 6.45) is 1.09. The summed E-state index contributed by atoms with van der Waals surface area (Å²) < 4.78 is 0. The van der Waals surface area contributed by atoms with Gasteiger partial charge in [0.1, 0.15) is 0 Å². The van der Waals surface area contributed by atoms with Gasteiger partial charge in [-0.15, -0.1) is 0 Å². The van der Waals surface area contributed by atoms with Gasteiger partial charge in [-0.25, -0.2) is 0 Å². The van der Waals surface area contributed by atoms with Crippen molar-refractivity contribution in [2.45, 2.75) is 31.8 Å². The maximum atomic E-state index is 12.7. The molecule has 1 aliphatic heterocycles. The Morgan fingerprint density at radius 2 is 1.81 bits per heavy atom. The smallest absolute Gasteiger partial charge is 0.241 e. The van der Waals surface area contributed by atoms with E-state index in [2.05, 4.69) is 10.6 Å². The van der Waals surface area contributed by atoms with Crippen LogP contribution in [0, 0.1) is 0 Å². The molecule has 2 aromatic rings. The van der Waals surface area contributed by atoms with Crippen molar-refractivity contribution in [3.8, 4) is 11.1 Å². The highest BCUT2D eigenvalue weighted by atomic mass is 16.2. The molecule has 2 N–H and O–H groups in total.